The number of nitrogens with one attached hydrogen (secondary N) is 1. The summed E-state index contributed by atoms with van der Waals surface area (Å²) in [6.07, 6.45) is 1.04. The second kappa shape index (κ2) is 5.85. The number of aryl methyl sites for hydroxylation is 1. The fraction of sp³-hybridized carbons (Fsp3) is 0.500. The van der Waals surface area contributed by atoms with Crippen LogP contribution in [0.2, 0.25) is 0 Å². The molecule has 1 aromatic carbocycles. The Labute approximate surface area is 91.3 Å². The van der Waals surface area contributed by atoms with Crippen LogP contribution in [0.1, 0.15) is 24.1 Å². The maximum atomic E-state index is 9.03. The lowest BCUT2D eigenvalue weighted by Gasteiger charge is -2.22. The number of hydrogen-bond acceptors (Lipinski definition) is 3. The van der Waals surface area contributed by atoms with Gasteiger partial charge in [-0.1, -0.05) is 31.2 Å². The first-order chi connectivity index (χ1) is 7.22. The smallest absolute Gasteiger partial charge is 0.0601 e. The predicted molar refractivity (Wildman–Crippen MR) is 62.7 cm³/mol. The highest BCUT2D eigenvalue weighted by atomic mass is 16.3. The third kappa shape index (κ3) is 3.02. The minimum Gasteiger partial charge on any atom is -0.395 e. The van der Waals surface area contributed by atoms with Crippen LogP contribution in [0.4, 0.5) is 0 Å². The van der Waals surface area contributed by atoms with E-state index in [2.05, 4.69) is 36.5 Å². The second-order valence-corrected chi connectivity index (χ2v) is 3.71. The Morgan fingerprint density at radius 3 is 2.33 bits per heavy atom. The van der Waals surface area contributed by atoms with E-state index in [1.54, 1.807) is 0 Å². The molecule has 0 amide bonds. The maximum Gasteiger partial charge on any atom is 0.0601 e. The molecule has 0 saturated heterocycles. The van der Waals surface area contributed by atoms with Crippen molar-refractivity contribution in [2.75, 3.05) is 13.7 Å². The largest absolute Gasteiger partial charge is 0.395 e. The number of hydrogen-bond donors (Lipinski definition) is 3. The number of likely N-dealkylation sites (N-methyl/N-ethyl adjacent to an activating group) is 1. The van der Waals surface area contributed by atoms with Crippen LogP contribution in [0, 0.1) is 0 Å². The van der Waals surface area contributed by atoms with Gasteiger partial charge < -0.3 is 16.2 Å². The van der Waals surface area contributed by atoms with Crippen LogP contribution in [0.15, 0.2) is 24.3 Å². The van der Waals surface area contributed by atoms with Crippen molar-refractivity contribution in [1.29, 1.82) is 0 Å². The highest BCUT2D eigenvalue weighted by Crippen LogP contribution is 2.16. The van der Waals surface area contributed by atoms with Gasteiger partial charge in [0.2, 0.25) is 0 Å². The summed E-state index contributed by atoms with van der Waals surface area (Å²) in [7, 11) is 1.86. The third-order valence-electron chi connectivity index (χ3n) is 2.70. The highest BCUT2D eigenvalue weighted by molar-refractivity contribution is 5.26. The van der Waals surface area contributed by atoms with Gasteiger partial charge in [-0.15, -0.1) is 0 Å². The Morgan fingerprint density at radius 2 is 1.93 bits per heavy atom. The van der Waals surface area contributed by atoms with Crippen molar-refractivity contribution < 1.29 is 5.11 Å². The average Bonchev–Trinajstić information content (AvgIpc) is 2.30. The number of benzene rings is 1. The van der Waals surface area contributed by atoms with Gasteiger partial charge in [0.1, 0.15) is 0 Å². The van der Waals surface area contributed by atoms with E-state index in [0.29, 0.717) is 0 Å². The Kier molecular flexibility index (Phi) is 4.75. The molecular formula is C12H20N2O. The van der Waals surface area contributed by atoms with Crippen LogP contribution >= 0.6 is 0 Å². The van der Waals surface area contributed by atoms with Crippen LogP contribution in [0.5, 0.6) is 0 Å². The van der Waals surface area contributed by atoms with E-state index in [0.717, 1.165) is 12.0 Å². The molecular weight excluding hydrogens is 188 g/mol. The summed E-state index contributed by atoms with van der Waals surface area (Å²) in [6, 6.07) is 8.09. The molecule has 0 heterocycles. The molecule has 84 valence electrons. The summed E-state index contributed by atoms with van der Waals surface area (Å²) < 4.78 is 0. The Balaban J connectivity index is 2.83. The van der Waals surface area contributed by atoms with E-state index < -0.39 is 0 Å². The van der Waals surface area contributed by atoms with Crippen LogP contribution in [-0.4, -0.2) is 24.8 Å². The van der Waals surface area contributed by atoms with Crippen molar-refractivity contribution in [3.8, 4) is 0 Å². The van der Waals surface area contributed by atoms with Gasteiger partial charge in [-0.25, -0.2) is 0 Å². The van der Waals surface area contributed by atoms with Crippen LogP contribution < -0.4 is 11.1 Å². The van der Waals surface area contributed by atoms with Crippen LogP contribution in [0.3, 0.4) is 0 Å². The quantitative estimate of drug-likeness (QED) is 0.671. The molecule has 0 aromatic heterocycles. The van der Waals surface area contributed by atoms with Gasteiger partial charge in [0.25, 0.3) is 0 Å². The second-order valence-electron chi connectivity index (χ2n) is 3.71. The highest BCUT2D eigenvalue weighted by Gasteiger charge is 2.16. The first-order valence-corrected chi connectivity index (χ1v) is 5.35. The van der Waals surface area contributed by atoms with Crippen molar-refractivity contribution >= 4 is 0 Å². The summed E-state index contributed by atoms with van der Waals surface area (Å²) in [4.78, 5) is 0. The van der Waals surface area contributed by atoms with Gasteiger partial charge in [0, 0.05) is 12.1 Å². The molecule has 0 radical (unpaired) electrons. The first-order valence-electron chi connectivity index (χ1n) is 5.35. The fourth-order valence-corrected chi connectivity index (χ4v) is 1.69. The van der Waals surface area contributed by atoms with Crippen molar-refractivity contribution in [2.45, 2.75) is 25.4 Å². The summed E-state index contributed by atoms with van der Waals surface area (Å²) in [5, 5.41) is 12.2. The van der Waals surface area contributed by atoms with Crippen LogP contribution in [-0.2, 0) is 6.42 Å². The molecule has 1 rings (SSSR count). The van der Waals surface area contributed by atoms with Crippen molar-refractivity contribution in [3.05, 3.63) is 35.4 Å². The van der Waals surface area contributed by atoms with Crippen molar-refractivity contribution in [2.24, 2.45) is 5.73 Å². The molecule has 0 aliphatic heterocycles. The molecule has 1 aromatic rings. The third-order valence-corrected chi connectivity index (χ3v) is 2.70. The SMILES string of the molecule is CCc1ccc(C(NC)C(N)CO)cc1. The summed E-state index contributed by atoms with van der Waals surface area (Å²) in [5.41, 5.74) is 8.25. The molecule has 0 fully saturated rings. The molecule has 2 unspecified atom stereocenters. The molecule has 0 bridgehead atoms. The standard InChI is InChI=1S/C12H20N2O/c1-3-9-4-6-10(7-5-9)12(14-2)11(13)8-15/h4-7,11-12,14-15H,3,8,13H2,1-2H3. The normalized spacial score (nSPS) is 14.9. The van der Waals surface area contributed by atoms with E-state index in [-0.39, 0.29) is 18.7 Å². The molecule has 3 heteroatoms. The number of aliphatic hydroxyl groups excluding tert-OH is 1. The lowest BCUT2D eigenvalue weighted by atomic mass is 9.99. The lowest BCUT2D eigenvalue weighted by molar-refractivity contribution is 0.240. The lowest BCUT2D eigenvalue weighted by Crippen LogP contribution is -2.38. The minimum atomic E-state index is -0.262. The van der Waals surface area contributed by atoms with Gasteiger partial charge in [-0.2, -0.15) is 0 Å². The molecule has 0 aliphatic carbocycles. The van der Waals surface area contributed by atoms with Crippen molar-refractivity contribution in [1.82, 2.24) is 5.32 Å². The predicted octanol–water partition coefficient (Wildman–Crippen LogP) is 0.829. The Bertz CT molecular complexity index is 284. The zero-order valence-electron chi connectivity index (χ0n) is 9.40. The van der Waals surface area contributed by atoms with Gasteiger partial charge in [0.15, 0.2) is 0 Å². The number of rotatable bonds is 5. The Morgan fingerprint density at radius 1 is 1.33 bits per heavy atom. The summed E-state index contributed by atoms with van der Waals surface area (Å²) >= 11 is 0. The van der Waals surface area contributed by atoms with E-state index in [9.17, 15) is 0 Å². The summed E-state index contributed by atoms with van der Waals surface area (Å²) in [6.45, 7) is 2.12. The van der Waals surface area contributed by atoms with Gasteiger partial charge in [-0.05, 0) is 24.6 Å². The minimum absolute atomic E-state index is 0.0129. The number of aliphatic hydroxyl groups is 1. The van der Waals surface area contributed by atoms with Crippen LogP contribution in [0.25, 0.3) is 0 Å². The maximum absolute atomic E-state index is 9.03. The molecule has 0 spiro atoms. The molecule has 0 aliphatic rings. The molecule has 2 atom stereocenters. The Hall–Kier alpha value is -0.900. The molecule has 0 saturated carbocycles. The van der Waals surface area contributed by atoms with E-state index in [1.807, 2.05) is 7.05 Å². The van der Waals surface area contributed by atoms with Gasteiger partial charge in [-0.3, -0.25) is 0 Å². The van der Waals surface area contributed by atoms with Gasteiger partial charge >= 0.3 is 0 Å². The number of nitrogens with two attached hydrogens (primary N) is 1. The topological polar surface area (TPSA) is 58.3 Å². The first kappa shape index (κ1) is 12.2. The van der Waals surface area contributed by atoms with E-state index in [4.69, 9.17) is 10.8 Å². The monoisotopic (exact) mass is 208 g/mol. The molecule has 15 heavy (non-hydrogen) atoms. The zero-order chi connectivity index (χ0) is 11.3. The van der Waals surface area contributed by atoms with Crippen molar-refractivity contribution in [3.63, 3.8) is 0 Å². The van der Waals surface area contributed by atoms with Gasteiger partial charge in [0.05, 0.1) is 6.61 Å². The van der Waals surface area contributed by atoms with E-state index in [1.165, 1.54) is 5.56 Å². The van der Waals surface area contributed by atoms with E-state index >= 15 is 0 Å². The fourth-order valence-electron chi connectivity index (χ4n) is 1.69. The average molecular weight is 208 g/mol. The summed E-state index contributed by atoms with van der Waals surface area (Å²) in [5.74, 6) is 0. The zero-order valence-corrected chi connectivity index (χ0v) is 9.40. The molecule has 3 nitrogen and oxygen atoms in total. The molecule has 4 N–H and O–H groups in total.